The number of carbonyl (C=O) groups excluding carboxylic acids is 1. The first-order chi connectivity index (χ1) is 11.1. The number of hydrogen-bond acceptors (Lipinski definition) is 3. The Kier molecular flexibility index (Phi) is 6.16. The molecule has 1 saturated heterocycles. The third-order valence-corrected chi connectivity index (χ3v) is 4.54. The second kappa shape index (κ2) is 8.11. The fraction of sp³-hybridized carbons (Fsp3) is 0.556. The minimum Gasteiger partial charge on any atom is -0.481 e. The van der Waals surface area contributed by atoms with E-state index in [4.69, 9.17) is 9.84 Å². The summed E-state index contributed by atoms with van der Waals surface area (Å²) >= 11 is 0. The summed E-state index contributed by atoms with van der Waals surface area (Å²) < 4.78 is 5.46. The number of aliphatic carboxylic acids is 1. The lowest BCUT2D eigenvalue weighted by Gasteiger charge is -2.37. The molecule has 0 atom stereocenters. The van der Waals surface area contributed by atoms with Crippen LogP contribution in [0.4, 0.5) is 0 Å². The third-order valence-electron chi connectivity index (χ3n) is 4.54. The molecule has 126 valence electrons. The summed E-state index contributed by atoms with van der Waals surface area (Å²) in [4.78, 5) is 23.4. The van der Waals surface area contributed by atoms with Crippen LogP contribution in [0, 0.1) is 6.92 Å². The Hall–Kier alpha value is -1.88. The lowest BCUT2D eigenvalue weighted by atomic mass is 9.72. The van der Waals surface area contributed by atoms with Gasteiger partial charge in [0.2, 0.25) is 5.91 Å². The van der Waals surface area contributed by atoms with E-state index in [1.54, 1.807) is 0 Å². The van der Waals surface area contributed by atoms with Gasteiger partial charge in [-0.2, -0.15) is 0 Å². The van der Waals surface area contributed by atoms with Gasteiger partial charge in [0.25, 0.3) is 0 Å². The second-order valence-electron chi connectivity index (χ2n) is 6.12. The number of unbranched alkanes of at least 4 members (excludes halogenated alkanes) is 1. The fourth-order valence-electron chi connectivity index (χ4n) is 3.22. The molecule has 2 rings (SSSR count). The van der Waals surface area contributed by atoms with E-state index >= 15 is 0 Å². The summed E-state index contributed by atoms with van der Waals surface area (Å²) in [5.74, 6) is -0.762. The number of ether oxygens (including phenoxy) is 1. The molecule has 1 heterocycles. The van der Waals surface area contributed by atoms with Gasteiger partial charge in [0, 0.05) is 26.2 Å². The van der Waals surface area contributed by atoms with Crippen LogP contribution in [0.1, 0.15) is 43.2 Å². The molecule has 1 aromatic rings. The summed E-state index contributed by atoms with van der Waals surface area (Å²) in [5, 5.41) is 11.7. The maximum Gasteiger partial charge on any atom is 0.303 e. The lowest BCUT2D eigenvalue weighted by Crippen LogP contribution is -2.48. The van der Waals surface area contributed by atoms with Gasteiger partial charge >= 0.3 is 5.97 Å². The first-order valence-electron chi connectivity index (χ1n) is 8.20. The van der Waals surface area contributed by atoms with E-state index < -0.39 is 11.4 Å². The van der Waals surface area contributed by atoms with Gasteiger partial charge in [0.1, 0.15) is 0 Å². The quantitative estimate of drug-likeness (QED) is 0.757. The first kappa shape index (κ1) is 17.5. The van der Waals surface area contributed by atoms with Gasteiger partial charge in [-0.15, -0.1) is 0 Å². The predicted molar refractivity (Wildman–Crippen MR) is 87.4 cm³/mol. The Morgan fingerprint density at radius 2 is 1.91 bits per heavy atom. The van der Waals surface area contributed by atoms with E-state index in [9.17, 15) is 9.59 Å². The molecular weight excluding hydrogens is 294 g/mol. The maximum atomic E-state index is 12.9. The fourth-order valence-corrected chi connectivity index (χ4v) is 3.22. The second-order valence-corrected chi connectivity index (χ2v) is 6.12. The van der Waals surface area contributed by atoms with Crippen LogP contribution in [0.2, 0.25) is 0 Å². The van der Waals surface area contributed by atoms with Gasteiger partial charge in [0.05, 0.1) is 5.41 Å². The van der Waals surface area contributed by atoms with Gasteiger partial charge in [-0.1, -0.05) is 24.3 Å². The number of amides is 1. The smallest absolute Gasteiger partial charge is 0.303 e. The van der Waals surface area contributed by atoms with E-state index in [1.165, 1.54) is 0 Å². The minimum absolute atomic E-state index is 0.0328. The average molecular weight is 319 g/mol. The first-order valence-corrected chi connectivity index (χ1v) is 8.20. The molecule has 1 fully saturated rings. The van der Waals surface area contributed by atoms with Gasteiger partial charge < -0.3 is 15.2 Å². The molecule has 1 aliphatic heterocycles. The zero-order valence-electron chi connectivity index (χ0n) is 13.6. The summed E-state index contributed by atoms with van der Waals surface area (Å²) in [5.41, 5.74) is 1.66. The standard InChI is InChI=1S/C18H25NO4/c1-14-6-2-3-7-15(14)18(9-12-23-13-10-18)17(22)19-11-5-4-8-16(20)21/h2-3,6-7H,4-5,8-13H2,1H3,(H,19,22)(H,20,21). The molecule has 0 radical (unpaired) electrons. The highest BCUT2D eigenvalue weighted by Crippen LogP contribution is 2.36. The summed E-state index contributed by atoms with van der Waals surface area (Å²) in [6, 6.07) is 8.02. The number of benzene rings is 1. The van der Waals surface area contributed by atoms with E-state index in [-0.39, 0.29) is 12.3 Å². The average Bonchev–Trinajstić information content (AvgIpc) is 2.55. The molecule has 2 N–H and O–H groups in total. The van der Waals surface area contributed by atoms with Crippen molar-refractivity contribution in [2.24, 2.45) is 0 Å². The highest BCUT2D eigenvalue weighted by Gasteiger charge is 2.42. The van der Waals surface area contributed by atoms with Crippen molar-refractivity contribution in [2.45, 2.75) is 44.4 Å². The molecule has 23 heavy (non-hydrogen) atoms. The van der Waals surface area contributed by atoms with Crippen molar-refractivity contribution in [2.75, 3.05) is 19.8 Å². The number of aryl methyl sites for hydroxylation is 1. The Bertz CT molecular complexity index is 550. The van der Waals surface area contributed by atoms with Gasteiger partial charge in [-0.3, -0.25) is 9.59 Å². The van der Waals surface area contributed by atoms with Crippen LogP contribution in [0.5, 0.6) is 0 Å². The number of carboxylic acid groups (broad SMARTS) is 1. The minimum atomic E-state index is -0.794. The number of carboxylic acids is 1. The van der Waals surface area contributed by atoms with E-state index in [1.807, 2.05) is 31.2 Å². The number of carbonyl (C=O) groups is 2. The third kappa shape index (κ3) is 4.32. The number of nitrogens with one attached hydrogen (secondary N) is 1. The van der Waals surface area contributed by atoms with E-state index in [2.05, 4.69) is 5.32 Å². The van der Waals surface area contributed by atoms with Gasteiger partial charge in [-0.05, 0) is 43.7 Å². The van der Waals surface area contributed by atoms with Crippen molar-refractivity contribution in [3.63, 3.8) is 0 Å². The Morgan fingerprint density at radius 3 is 2.57 bits per heavy atom. The normalized spacial score (nSPS) is 16.7. The Labute approximate surface area is 137 Å². The topological polar surface area (TPSA) is 75.6 Å². The highest BCUT2D eigenvalue weighted by atomic mass is 16.5. The molecule has 0 aliphatic carbocycles. The lowest BCUT2D eigenvalue weighted by molar-refractivity contribution is -0.137. The van der Waals surface area contributed by atoms with Crippen LogP contribution in [0.25, 0.3) is 0 Å². The van der Waals surface area contributed by atoms with Crippen LogP contribution in [-0.2, 0) is 19.7 Å². The van der Waals surface area contributed by atoms with Crippen LogP contribution >= 0.6 is 0 Å². The molecular formula is C18H25NO4. The molecule has 0 bridgehead atoms. The van der Waals surface area contributed by atoms with Crippen LogP contribution in [0.3, 0.4) is 0 Å². The molecule has 5 heteroatoms. The zero-order valence-corrected chi connectivity index (χ0v) is 13.6. The SMILES string of the molecule is Cc1ccccc1C1(C(=O)NCCCCC(=O)O)CCOCC1. The Balaban J connectivity index is 2.05. The molecule has 0 unspecified atom stereocenters. The van der Waals surface area contributed by atoms with Crippen molar-refractivity contribution in [1.82, 2.24) is 5.32 Å². The van der Waals surface area contributed by atoms with Crippen LogP contribution < -0.4 is 5.32 Å². The molecule has 5 nitrogen and oxygen atoms in total. The maximum absolute atomic E-state index is 12.9. The Morgan fingerprint density at radius 1 is 1.22 bits per heavy atom. The van der Waals surface area contributed by atoms with Crippen molar-refractivity contribution in [1.29, 1.82) is 0 Å². The van der Waals surface area contributed by atoms with Crippen molar-refractivity contribution in [3.8, 4) is 0 Å². The van der Waals surface area contributed by atoms with E-state index in [0.717, 1.165) is 11.1 Å². The van der Waals surface area contributed by atoms with Gasteiger partial charge in [-0.25, -0.2) is 0 Å². The van der Waals surface area contributed by atoms with Crippen LogP contribution in [0.15, 0.2) is 24.3 Å². The molecule has 1 amide bonds. The largest absolute Gasteiger partial charge is 0.481 e. The number of rotatable bonds is 7. The summed E-state index contributed by atoms with van der Waals surface area (Å²) in [7, 11) is 0. The van der Waals surface area contributed by atoms with Gasteiger partial charge in [0.15, 0.2) is 0 Å². The summed E-state index contributed by atoms with van der Waals surface area (Å²) in [6.45, 7) is 3.72. The molecule has 0 spiro atoms. The van der Waals surface area contributed by atoms with Crippen molar-refractivity contribution in [3.05, 3.63) is 35.4 Å². The molecule has 1 aliphatic rings. The van der Waals surface area contributed by atoms with Crippen LogP contribution in [-0.4, -0.2) is 36.7 Å². The zero-order chi connectivity index (χ0) is 16.7. The predicted octanol–water partition coefficient (Wildman–Crippen LogP) is 2.41. The molecule has 1 aromatic carbocycles. The molecule has 0 saturated carbocycles. The van der Waals surface area contributed by atoms with Crippen molar-refractivity contribution < 1.29 is 19.4 Å². The van der Waals surface area contributed by atoms with E-state index in [0.29, 0.717) is 45.4 Å². The highest BCUT2D eigenvalue weighted by molar-refractivity contribution is 5.88. The monoisotopic (exact) mass is 319 g/mol. The molecule has 0 aromatic heterocycles. The van der Waals surface area contributed by atoms with Crippen molar-refractivity contribution >= 4 is 11.9 Å². The summed E-state index contributed by atoms with van der Waals surface area (Å²) in [6.07, 6.45) is 2.76. The number of hydrogen-bond donors (Lipinski definition) is 2.